The van der Waals surface area contributed by atoms with Crippen molar-refractivity contribution in [2.45, 2.75) is 32.7 Å². The number of nitrogens with zero attached hydrogens (tertiary/aromatic N) is 3. The fourth-order valence-electron chi connectivity index (χ4n) is 4.92. The van der Waals surface area contributed by atoms with Gasteiger partial charge in [-0.2, -0.15) is 4.98 Å². The van der Waals surface area contributed by atoms with Gasteiger partial charge in [-0.05, 0) is 78.9 Å². The van der Waals surface area contributed by atoms with E-state index in [1.807, 2.05) is 24.3 Å². The number of halogens is 1. The van der Waals surface area contributed by atoms with Gasteiger partial charge in [-0.15, -0.1) is 0 Å². The monoisotopic (exact) mass is 502 g/mol. The lowest BCUT2D eigenvalue weighted by molar-refractivity contribution is -0.126. The summed E-state index contributed by atoms with van der Waals surface area (Å²) in [5.41, 5.74) is 2.21. The van der Waals surface area contributed by atoms with Crippen molar-refractivity contribution in [1.82, 2.24) is 20.4 Å². The first-order valence-electron chi connectivity index (χ1n) is 12.6. The molecule has 0 saturated carbocycles. The Labute approximate surface area is 216 Å². The lowest BCUT2D eigenvalue weighted by atomic mass is 9.94. The number of hydrogen-bond acceptors (Lipinski definition) is 5. The van der Waals surface area contributed by atoms with Crippen LogP contribution in [0.4, 0.5) is 0 Å². The van der Waals surface area contributed by atoms with Crippen LogP contribution in [0.2, 0.25) is 5.02 Å². The van der Waals surface area contributed by atoms with Crippen molar-refractivity contribution in [3.63, 3.8) is 0 Å². The molecular formula is C29H31ClN4O2. The van der Waals surface area contributed by atoms with E-state index in [2.05, 4.69) is 69.7 Å². The van der Waals surface area contributed by atoms with Crippen molar-refractivity contribution >= 4 is 28.3 Å². The average Bonchev–Trinajstić information content (AvgIpc) is 3.37. The number of fused-ring (bicyclic) bond motifs is 1. The van der Waals surface area contributed by atoms with Gasteiger partial charge in [-0.25, -0.2) is 0 Å². The molecule has 1 aliphatic rings. The van der Waals surface area contributed by atoms with Crippen LogP contribution in [0.1, 0.15) is 31.2 Å². The number of carbonyl (C=O) groups is 1. The zero-order chi connectivity index (χ0) is 24.9. The van der Waals surface area contributed by atoms with E-state index in [1.165, 1.54) is 16.3 Å². The number of rotatable bonds is 8. The minimum atomic E-state index is 0.0540. The number of hydrogen-bond donors (Lipinski definition) is 1. The Morgan fingerprint density at radius 3 is 2.64 bits per heavy atom. The normalized spacial score (nSPS) is 15.7. The molecule has 1 unspecified atom stereocenters. The van der Waals surface area contributed by atoms with E-state index in [1.54, 1.807) is 0 Å². The van der Waals surface area contributed by atoms with Gasteiger partial charge in [0.2, 0.25) is 17.6 Å². The van der Waals surface area contributed by atoms with Gasteiger partial charge in [-0.1, -0.05) is 66.1 Å². The van der Waals surface area contributed by atoms with E-state index in [0.717, 1.165) is 37.9 Å². The minimum absolute atomic E-state index is 0.0540. The van der Waals surface area contributed by atoms with E-state index in [9.17, 15) is 4.79 Å². The number of nitrogens with one attached hydrogen (secondary N) is 1. The Bertz CT molecular complexity index is 1310. The smallest absolute Gasteiger partial charge is 0.241 e. The summed E-state index contributed by atoms with van der Waals surface area (Å²) in [6.07, 6.45) is 2.62. The SMILES string of the molecule is CC(CNC(=O)C1CCN(Cc2nc(-c3ccc(Cl)cc3)no2)CC1)Cc1cccc2ccccc12. The Morgan fingerprint density at radius 1 is 1.08 bits per heavy atom. The predicted octanol–water partition coefficient (Wildman–Crippen LogP) is 5.75. The Balaban J connectivity index is 1.07. The third kappa shape index (κ3) is 5.94. The second-order valence-corrected chi connectivity index (χ2v) is 10.2. The van der Waals surface area contributed by atoms with Gasteiger partial charge < -0.3 is 9.84 Å². The highest BCUT2D eigenvalue weighted by molar-refractivity contribution is 6.30. The van der Waals surface area contributed by atoms with Gasteiger partial charge in [0.05, 0.1) is 6.54 Å². The topological polar surface area (TPSA) is 71.3 Å². The van der Waals surface area contributed by atoms with Crippen LogP contribution in [0.5, 0.6) is 0 Å². The van der Waals surface area contributed by atoms with Crippen molar-refractivity contribution in [3.8, 4) is 11.4 Å². The van der Waals surface area contributed by atoms with Crippen LogP contribution in [0.3, 0.4) is 0 Å². The second kappa shape index (κ2) is 11.2. The number of amides is 1. The molecule has 6 nitrogen and oxygen atoms in total. The van der Waals surface area contributed by atoms with Crippen LogP contribution < -0.4 is 5.32 Å². The summed E-state index contributed by atoms with van der Waals surface area (Å²) in [5.74, 6) is 1.74. The highest BCUT2D eigenvalue weighted by Gasteiger charge is 2.26. The van der Waals surface area contributed by atoms with Gasteiger partial charge in [0.15, 0.2) is 0 Å². The lowest BCUT2D eigenvalue weighted by Gasteiger charge is -2.30. The van der Waals surface area contributed by atoms with Crippen LogP contribution in [0, 0.1) is 11.8 Å². The molecule has 0 spiro atoms. The molecule has 1 saturated heterocycles. The van der Waals surface area contributed by atoms with Crippen molar-refractivity contribution in [3.05, 3.63) is 83.2 Å². The molecule has 36 heavy (non-hydrogen) atoms. The molecule has 1 fully saturated rings. The molecule has 186 valence electrons. The largest absolute Gasteiger partial charge is 0.356 e. The molecule has 5 rings (SSSR count). The summed E-state index contributed by atoms with van der Waals surface area (Å²) in [7, 11) is 0. The first-order chi connectivity index (χ1) is 17.5. The van der Waals surface area contributed by atoms with Crippen molar-refractivity contribution < 1.29 is 9.32 Å². The van der Waals surface area contributed by atoms with Gasteiger partial charge >= 0.3 is 0 Å². The van der Waals surface area contributed by atoms with Crippen LogP contribution in [-0.4, -0.2) is 40.6 Å². The molecule has 7 heteroatoms. The van der Waals surface area contributed by atoms with Gasteiger partial charge in [0.25, 0.3) is 0 Å². The summed E-state index contributed by atoms with van der Waals surface area (Å²) < 4.78 is 5.45. The fourth-order valence-corrected chi connectivity index (χ4v) is 5.04. The maximum Gasteiger partial charge on any atom is 0.241 e. The van der Waals surface area contributed by atoms with Crippen LogP contribution >= 0.6 is 11.6 Å². The Hall–Kier alpha value is -3.22. The molecule has 1 aliphatic heterocycles. The van der Waals surface area contributed by atoms with Crippen LogP contribution in [0.25, 0.3) is 22.2 Å². The molecule has 0 aliphatic carbocycles. The van der Waals surface area contributed by atoms with E-state index in [0.29, 0.717) is 35.7 Å². The molecule has 0 radical (unpaired) electrons. The molecule has 3 aromatic carbocycles. The van der Waals surface area contributed by atoms with E-state index in [-0.39, 0.29) is 11.8 Å². The molecule has 1 N–H and O–H groups in total. The van der Waals surface area contributed by atoms with Crippen molar-refractivity contribution in [2.24, 2.45) is 11.8 Å². The van der Waals surface area contributed by atoms with Crippen molar-refractivity contribution in [1.29, 1.82) is 0 Å². The Morgan fingerprint density at radius 2 is 1.83 bits per heavy atom. The molecule has 1 aromatic heterocycles. The van der Waals surface area contributed by atoms with Gasteiger partial charge in [0, 0.05) is 23.0 Å². The predicted molar refractivity (Wildman–Crippen MR) is 143 cm³/mol. The second-order valence-electron chi connectivity index (χ2n) is 9.76. The zero-order valence-electron chi connectivity index (χ0n) is 20.5. The van der Waals surface area contributed by atoms with Gasteiger partial charge in [-0.3, -0.25) is 9.69 Å². The van der Waals surface area contributed by atoms with Crippen LogP contribution in [-0.2, 0) is 17.8 Å². The quantitative estimate of drug-likeness (QED) is 0.332. The highest BCUT2D eigenvalue weighted by atomic mass is 35.5. The summed E-state index contributed by atoms with van der Waals surface area (Å²) in [4.78, 5) is 19.6. The number of carbonyl (C=O) groups excluding carboxylic acids is 1. The summed E-state index contributed by atoms with van der Waals surface area (Å²) >= 11 is 5.95. The van der Waals surface area contributed by atoms with E-state index >= 15 is 0 Å². The van der Waals surface area contributed by atoms with E-state index in [4.69, 9.17) is 16.1 Å². The first kappa shape index (κ1) is 24.5. The van der Waals surface area contributed by atoms with Crippen molar-refractivity contribution in [2.75, 3.05) is 19.6 Å². The number of benzene rings is 3. The zero-order valence-corrected chi connectivity index (χ0v) is 21.2. The number of piperidine rings is 1. The average molecular weight is 503 g/mol. The Kier molecular flexibility index (Phi) is 7.63. The molecule has 2 heterocycles. The molecule has 4 aromatic rings. The molecular weight excluding hydrogens is 472 g/mol. The summed E-state index contributed by atoms with van der Waals surface area (Å²) in [6, 6.07) is 22.3. The first-order valence-corrected chi connectivity index (χ1v) is 13.0. The maximum absolute atomic E-state index is 12.8. The fraction of sp³-hybridized carbons (Fsp3) is 0.345. The molecule has 1 amide bonds. The molecule has 0 bridgehead atoms. The molecule has 1 atom stereocenters. The number of aromatic nitrogens is 2. The lowest BCUT2D eigenvalue weighted by Crippen LogP contribution is -2.41. The van der Waals surface area contributed by atoms with Gasteiger partial charge in [0.1, 0.15) is 0 Å². The number of likely N-dealkylation sites (tertiary alicyclic amines) is 1. The van der Waals surface area contributed by atoms with Crippen LogP contribution in [0.15, 0.2) is 71.3 Å². The maximum atomic E-state index is 12.8. The standard InChI is InChI=1S/C29H31ClN4O2/c1-20(17-24-7-4-6-21-5-2-3-8-26(21)24)18-31-29(35)23-13-15-34(16-14-23)19-27-32-28(33-36-27)22-9-11-25(30)12-10-22/h2-12,20,23H,13-19H2,1H3,(H,31,35). The summed E-state index contributed by atoms with van der Waals surface area (Å²) in [5, 5.41) is 10.5. The third-order valence-electron chi connectivity index (χ3n) is 6.96. The third-order valence-corrected chi connectivity index (χ3v) is 7.21. The minimum Gasteiger partial charge on any atom is -0.356 e. The summed E-state index contributed by atoms with van der Waals surface area (Å²) in [6.45, 7) is 5.16. The highest BCUT2D eigenvalue weighted by Crippen LogP contribution is 2.23. The van der Waals surface area contributed by atoms with E-state index < -0.39 is 0 Å².